The Bertz CT molecular complexity index is 487. The van der Waals surface area contributed by atoms with Gasteiger partial charge in [-0.25, -0.2) is 4.39 Å². The zero-order valence-electron chi connectivity index (χ0n) is 11.3. The summed E-state index contributed by atoms with van der Waals surface area (Å²) in [6, 6.07) is 4.72. The van der Waals surface area contributed by atoms with Gasteiger partial charge in [-0.05, 0) is 52.7 Å². The van der Waals surface area contributed by atoms with Gasteiger partial charge in [-0.2, -0.15) is 0 Å². The Morgan fingerprint density at radius 1 is 1.47 bits per heavy atom. The fraction of sp³-hybridized carbons (Fsp3) is 0.533. The Kier molecular flexibility index (Phi) is 4.29. The number of rotatable bonds is 2. The minimum atomic E-state index is -0.406. The lowest BCUT2D eigenvalue weighted by atomic mass is 9.75. The van der Waals surface area contributed by atoms with E-state index in [-0.39, 0.29) is 21.8 Å². The Morgan fingerprint density at radius 3 is 2.89 bits per heavy atom. The normalized spacial score (nSPS) is 22.0. The summed E-state index contributed by atoms with van der Waals surface area (Å²) in [4.78, 5) is 12.2. The van der Waals surface area contributed by atoms with Gasteiger partial charge in [-0.1, -0.05) is 26.3 Å². The van der Waals surface area contributed by atoms with Gasteiger partial charge < -0.3 is 5.32 Å². The van der Waals surface area contributed by atoms with E-state index in [2.05, 4.69) is 35.1 Å². The van der Waals surface area contributed by atoms with Crippen LogP contribution in [0.25, 0.3) is 0 Å². The molecule has 1 saturated carbocycles. The van der Waals surface area contributed by atoms with E-state index < -0.39 is 5.82 Å². The minimum Gasteiger partial charge on any atom is -0.349 e. The van der Waals surface area contributed by atoms with Gasteiger partial charge in [0.25, 0.3) is 5.91 Å². The predicted octanol–water partition coefficient (Wildman–Crippen LogP) is 4.29. The van der Waals surface area contributed by atoms with Crippen molar-refractivity contribution >= 4 is 21.8 Å². The van der Waals surface area contributed by atoms with Crippen molar-refractivity contribution in [2.24, 2.45) is 5.41 Å². The highest BCUT2D eigenvalue weighted by Crippen LogP contribution is 2.35. The maximum atomic E-state index is 13.4. The summed E-state index contributed by atoms with van der Waals surface area (Å²) < 4.78 is 13.7. The molecule has 2 nitrogen and oxygen atoms in total. The van der Waals surface area contributed by atoms with E-state index >= 15 is 0 Å². The highest BCUT2D eigenvalue weighted by molar-refractivity contribution is 9.10. The number of hydrogen-bond donors (Lipinski definition) is 1. The molecular formula is C15H19BrFNO. The lowest BCUT2D eigenvalue weighted by Crippen LogP contribution is -2.40. The highest BCUT2D eigenvalue weighted by Gasteiger charge is 2.29. The Labute approximate surface area is 121 Å². The van der Waals surface area contributed by atoms with Crippen molar-refractivity contribution in [3.8, 4) is 0 Å². The molecule has 19 heavy (non-hydrogen) atoms. The van der Waals surface area contributed by atoms with Gasteiger partial charge >= 0.3 is 0 Å². The van der Waals surface area contributed by atoms with E-state index in [0.29, 0.717) is 5.56 Å². The zero-order valence-corrected chi connectivity index (χ0v) is 12.9. The maximum Gasteiger partial charge on any atom is 0.252 e. The van der Waals surface area contributed by atoms with E-state index in [0.717, 1.165) is 19.3 Å². The first-order valence-corrected chi connectivity index (χ1v) is 7.43. The van der Waals surface area contributed by atoms with Crippen molar-refractivity contribution in [2.45, 2.75) is 45.6 Å². The summed E-state index contributed by atoms with van der Waals surface area (Å²) in [6.45, 7) is 4.45. The van der Waals surface area contributed by atoms with Gasteiger partial charge in [0.2, 0.25) is 0 Å². The average molecular weight is 328 g/mol. The number of halogens is 2. The molecule has 1 aliphatic rings. The van der Waals surface area contributed by atoms with E-state index in [1.165, 1.54) is 12.5 Å². The van der Waals surface area contributed by atoms with Crippen molar-refractivity contribution < 1.29 is 9.18 Å². The zero-order chi connectivity index (χ0) is 14.0. The first-order chi connectivity index (χ1) is 8.89. The molecule has 1 atom stereocenters. The van der Waals surface area contributed by atoms with Gasteiger partial charge in [-0.3, -0.25) is 4.79 Å². The SMILES string of the molecule is CC1(C)CCCC(NC(=O)c2cccc(F)c2Br)C1. The van der Waals surface area contributed by atoms with Crippen molar-refractivity contribution in [1.82, 2.24) is 5.32 Å². The molecule has 0 aromatic heterocycles. The number of benzene rings is 1. The van der Waals surface area contributed by atoms with Crippen LogP contribution in [0.5, 0.6) is 0 Å². The molecule has 0 radical (unpaired) electrons. The Morgan fingerprint density at radius 2 is 2.21 bits per heavy atom. The molecule has 1 unspecified atom stereocenters. The van der Waals surface area contributed by atoms with Gasteiger partial charge in [0.1, 0.15) is 5.82 Å². The lowest BCUT2D eigenvalue weighted by molar-refractivity contribution is 0.0901. The summed E-state index contributed by atoms with van der Waals surface area (Å²) in [5, 5.41) is 3.02. The fourth-order valence-corrected chi connectivity index (χ4v) is 3.21. The second kappa shape index (κ2) is 5.61. The van der Waals surface area contributed by atoms with Crippen molar-refractivity contribution in [3.63, 3.8) is 0 Å². The number of nitrogens with one attached hydrogen (secondary N) is 1. The molecule has 1 aliphatic carbocycles. The van der Waals surface area contributed by atoms with Crippen LogP contribution in [0.4, 0.5) is 4.39 Å². The first kappa shape index (κ1) is 14.5. The predicted molar refractivity (Wildman–Crippen MR) is 77.6 cm³/mol. The monoisotopic (exact) mass is 327 g/mol. The third-order valence-electron chi connectivity index (χ3n) is 3.74. The summed E-state index contributed by atoms with van der Waals surface area (Å²) in [7, 11) is 0. The van der Waals surface area contributed by atoms with Crippen LogP contribution >= 0.6 is 15.9 Å². The molecular weight excluding hydrogens is 309 g/mol. The summed E-state index contributed by atoms with van der Waals surface area (Å²) >= 11 is 3.13. The van der Waals surface area contributed by atoms with Gasteiger partial charge in [-0.15, -0.1) is 0 Å². The third kappa shape index (κ3) is 3.56. The average Bonchev–Trinajstić information content (AvgIpc) is 2.31. The lowest BCUT2D eigenvalue weighted by Gasteiger charge is -2.35. The first-order valence-electron chi connectivity index (χ1n) is 6.64. The Hall–Kier alpha value is -0.900. The molecule has 0 saturated heterocycles. The molecule has 0 heterocycles. The van der Waals surface area contributed by atoms with Crippen LogP contribution in [0, 0.1) is 11.2 Å². The Balaban J connectivity index is 2.07. The molecule has 0 spiro atoms. The third-order valence-corrected chi connectivity index (χ3v) is 4.54. The highest BCUT2D eigenvalue weighted by atomic mass is 79.9. The molecule has 1 aromatic carbocycles. The van der Waals surface area contributed by atoms with Crippen LogP contribution in [0.15, 0.2) is 22.7 Å². The standard InChI is InChI=1S/C15H19BrFNO/c1-15(2)8-4-5-10(9-15)18-14(19)11-6-3-7-12(17)13(11)16/h3,6-7,10H,4-5,8-9H2,1-2H3,(H,18,19). The quantitative estimate of drug-likeness (QED) is 0.862. The molecule has 0 aliphatic heterocycles. The second-order valence-electron chi connectivity index (χ2n) is 6.03. The molecule has 1 amide bonds. The molecule has 1 fully saturated rings. The van der Waals surface area contributed by atoms with E-state index in [1.54, 1.807) is 12.1 Å². The van der Waals surface area contributed by atoms with Crippen LogP contribution < -0.4 is 5.32 Å². The largest absolute Gasteiger partial charge is 0.349 e. The van der Waals surface area contributed by atoms with Crippen LogP contribution in [0.3, 0.4) is 0 Å². The number of amides is 1. The summed E-state index contributed by atoms with van der Waals surface area (Å²) in [6.07, 6.45) is 4.30. The summed E-state index contributed by atoms with van der Waals surface area (Å²) in [5.41, 5.74) is 0.637. The fourth-order valence-electron chi connectivity index (χ4n) is 2.76. The van der Waals surface area contributed by atoms with E-state index in [1.807, 2.05) is 0 Å². The number of carbonyl (C=O) groups is 1. The smallest absolute Gasteiger partial charge is 0.252 e. The second-order valence-corrected chi connectivity index (χ2v) is 6.83. The van der Waals surface area contributed by atoms with Crippen LogP contribution in [0.2, 0.25) is 0 Å². The molecule has 2 rings (SSSR count). The topological polar surface area (TPSA) is 29.1 Å². The van der Waals surface area contributed by atoms with Gasteiger partial charge in [0, 0.05) is 6.04 Å². The van der Waals surface area contributed by atoms with Crippen LogP contribution in [-0.2, 0) is 0 Å². The molecule has 0 bridgehead atoms. The van der Waals surface area contributed by atoms with E-state index in [4.69, 9.17) is 0 Å². The van der Waals surface area contributed by atoms with Gasteiger partial charge in [0.05, 0.1) is 10.0 Å². The van der Waals surface area contributed by atoms with Crippen LogP contribution in [-0.4, -0.2) is 11.9 Å². The van der Waals surface area contributed by atoms with Crippen LogP contribution in [0.1, 0.15) is 49.9 Å². The van der Waals surface area contributed by atoms with E-state index in [9.17, 15) is 9.18 Å². The molecule has 4 heteroatoms. The molecule has 1 aromatic rings. The maximum absolute atomic E-state index is 13.4. The van der Waals surface area contributed by atoms with Gasteiger partial charge in [0.15, 0.2) is 0 Å². The van der Waals surface area contributed by atoms with Crippen molar-refractivity contribution in [2.75, 3.05) is 0 Å². The number of carbonyl (C=O) groups excluding carboxylic acids is 1. The molecule has 1 N–H and O–H groups in total. The minimum absolute atomic E-state index is 0.186. The summed E-state index contributed by atoms with van der Waals surface area (Å²) in [5.74, 6) is -0.606. The van der Waals surface area contributed by atoms with Crippen molar-refractivity contribution in [1.29, 1.82) is 0 Å². The van der Waals surface area contributed by atoms with Crippen molar-refractivity contribution in [3.05, 3.63) is 34.1 Å². The number of hydrogen-bond acceptors (Lipinski definition) is 1. The molecule has 104 valence electrons.